The Balaban J connectivity index is 0.000000676. The summed E-state index contributed by atoms with van der Waals surface area (Å²) in [5, 5.41) is 0. The number of nitrogen functional groups attached to an aromatic ring is 1. The molecule has 0 bridgehead atoms. The maximum absolute atomic E-state index is 12.7. The topological polar surface area (TPSA) is 206 Å². The molecule has 0 aliphatic heterocycles. The zero-order valence-electron chi connectivity index (χ0n) is 24.8. The third kappa shape index (κ3) is 10.7. The summed E-state index contributed by atoms with van der Waals surface area (Å²) < 4.78 is 39.0. The molecule has 44 heavy (non-hydrogen) atoms. The fourth-order valence-corrected chi connectivity index (χ4v) is 5.83. The Morgan fingerprint density at radius 3 is 2.14 bits per heavy atom. The second kappa shape index (κ2) is 16.2. The first-order valence-electron chi connectivity index (χ1n) is 13.8. The van der Waals surface area contributed by atoms with Gasteiger partial charge in [0, 0.05) is 0 Å². The number of nitrogens with two attached hydrogens (primary N) is 1. The Kier molecular flexibility index (Phi) is 13.0. The van der Waals surface area contributed by atoms with E-state index in [4.69, 9.17) is 20.3 Å². The summed E-state index contributed by atoms with van der Waals surface area (Å²) in [6, 6.07) is 17.8. The minimum atomic E-state index is -5.21. The Morgan fingerprint density at radius 1 is 0.955 bits per heavy atom. The van der Waals surface area contributed by atoms with Gasteiger partial charge < -0.3 is 30.1 Å². The van der Waals surface area contributed by atoms with Gasteiger partial charge in [-0.1, -0.05) is 80.4 Å². The summed E-state index contributed by atoms with van der Waals surface area (Å²) in [5.41, 5.74) is 8.85. The van der Waals surface area contributed by atoms with Crippen LogP contribution in [0.2, 0.25) is 0 Å². The number of ether oxygens (including phenoxy) is 1. The highest BCUT2D eigenvalue weighted by Gasteiger charge is 2.32. The molecule has 1 unspecified atom stereocenters. The summed E-state index contributed by atoms with van der Waals surface area (Å²) in [5.74, 6) is -0.0876. The van der Waals surface area contributed by atoms with Gasteiger partial charge >= 0.3 is 21.3 Å². The number of benzene rings is 2. The summed E-state index contributed by atoms with van der Waals surface area (Å²) in [6.07, 6.45) is 1.62. The molecule has 17 heteroatoms. The molecular formula is C27H39N6O9P2+. The second-order valence-electron chi connectivity index (χ2n) is 9.43. The number of nitrogens with zero attached hydrogens (tertiary/aromatic N) is 4. The molecule has 0 fully saturated rings. The minimum absolute atomic E-state index is 0.0876. The lowest BCUT2D eigenvalue weighted by Gasteiger charge is -2.13. The zero-order valence-corrected chi connectivity index (χ0v) is 26.6. The van der Waals surface area contributed by atoms with Crippen LogP contribution in [0.3, 0.4) is 0 Å². The van der Waals surface area contributed by atoms with Gasteiger partial charge in [-0.15, -0.1) is 0 Å². The molecule has 2 aromatic carbocycles. The molecule has 0 radical (unpaired) electrons. The molecule has 0 aliphatic carbocycles. The van der Waals surface area contributed by atoms with Crippen LogP contribution in [0.5, 0.6) is 0 Å². The Morgan fingerprint density at radius 2 is 1.57 bits per heavy atom. The van der Waals surface area contributed by atoms with Gasteiger partial charge in [0.1, 0.15) is 0 Å². The van der Waals surface area contributed by atoms with Crippen LogP contribution in [0, 0.1) is 0 Å². The van der Waals surface area contributed by atoms with E-state index in [-0.39, 0.29) is 30.4 Å². The predicted molar refractivity (Wildman–Crippen MR) is 164 cm³/mol. The Labute approximate surface area is 254 Å². The number of hydrogen-bond acceptors (Lipinski definition) is 9. The number of anilines is 1. The van der Waals surface area contributed by atoms with E-state index in [9.17, 15) is 18.8 Å². The van der Waals surface area contributed by atoms with Crippen molar-refractivity contribution in [3.8, 4) is 11.1 Å². The quantitative estimate of drug-likeness (QED) is 0.0757. The van der Waals surface area contributed by atoms with Crippen molar-refractivity contribution in [2.75, 3.05) is 38.6 Å². The van der Waals surface area contributed by atoms with Crippen molar-refractivity contribution in [3.05, 3.63) is 76.8 Å². The van der Waals surface area contributed by atoms with Crippen molar-refractivity contribution in [3.63, 3.8) is 0 Å². The lowest BCUT2D eigenvalue weighted by Crippen LogP contribution is -2.35. The van der Waals surface area contributed by atoms with Crippen LogP contribution in [0.25, 0.3) is 22.3 Å². The monoisotopic (exact) mass is 653 g/mol. The average molecular weight is 654 g/mol. The van der Waals surface area contributed by atoms with Crippen LogP contribution >= 0.6 is 15.6 Å². The number of rotatable bonds is 14. The van der Waals surface area contributed by atoms with Gasteiger partial charge in [0.05, 0.1) is 19.8 Å². The first-order chi connectivity index (χ1) is 20.9. The lowest BCUT2D eigenvalue weighted by molar-refractivity contribution is -0.711. The van der Waals surface area contributed by atoms with Crippen LogP contribution in [-0.2, 0) is 36.0 Å². The first kappa shape index (κ1) is 35.3. The van der Waals surface area contributed by atoms with E-state index in [2.05, 4.69) is 44.5 Å². The fourth-order valence-electron chi connectivity index (χ4n) is 4.26. The molecule has 2 aromatic heterocycles. The number of phosphoric ester groups is 1. The van der Waals surface area contributed by atoms with Crippen LogP contribution < -0.4 is 15.9 Å². The SMILES string of the molecule is CCN(CC)CC.Nc1nc2c(c(=O)[nH]1)n(Cc1ccc(-c3ccccc3)cc1)c[n+]2COCCOP(=O)(O)OP(=O)(O)O. The van der Waals surface area contributed by atoms with E-state index < -0.39 is 27.8 Å². The number of hydrogen-bond donors (Lipinski definition) is 5. The van der Waals surface area contributed by atoms with Crippen molar-refractivity contribution in [1.29, 1.82) is 0 Å². The number of imidazole rings is 1. The van der Waals surface area contributed by atoms with E-state index >= 15 is 0 Å². The molecule has 240 valence electrons. The molecule has 0 amide bonds. The van der Waals surface area contributed by atoms with Crippen molar-refractivity contribution in [1.82, 2.24) is 19.4 Å². The van der Waals surface area contributed by atoms with Gasteiger partial charge in [-0.05, 0) is 36.3 Å². The Bertz CT molecular complexity index is 1630. The standard InChI is InChI=1S/C21H23N5O9P2.C6H15N/c22-21-23-19-18(20(27)24-21)25(12-15-6-8-17(9-7-15)16-4-2-1-3-5-16)13-26(19)14-33-10-11-34-37(31,32)35-36(28,29)30;1-4-7(5-2)6-3/h1-9,13H,10-12,14H2,(H5-,22,23,24,27,28,29,30,31,32);4-6H2,1-3H3/p+1. The van der Waals surface area contributed by atoms with Crippen LogP contribution in [0.15, 0.2) is 65.7 Å². The normalized spacial score (nSPS) is 13.1. The minimum Gasteiger partial charge on any atom is -0.355 e. The lowest BCUT2D eigenvalue weighted by atomic mass is 10.0. The smallest absolute Gasteiger partial charge is 0.355 e. The number of phosphoric acid groups is 2. The highest BCUT2D eigenvalue weighted by atomic mass is 31.3. The third-order valence-corrected chi connectivity index (χ3v) is 8.60. The molecule has 15 nitrogen and oxygen atoms in total. The van der Waals surface area contributed by atoms with E-state index in [1.165, 1.54) is 24.2 Å². The van der Waals surface area contributed by atoms with E-state index in [1.54, 1.807) is 10.9 Å². The molecule has 0 aliphatic rings. The summed E-state index contributed by atoms with van der Waals surface area (Å²) in [7, 11) is -10.2. The van der Waals surface area contributed by atoms with Gasteiger partial charge in [0.15, 0.2) is 13.1 Å². The number of nitrogens with one attached hydrogen (secondary N) is 1. The molecule has 6 N–H and O–H groups in total. The summed E-state index contributed by atoms with van der Waals surface area (Å²) >= 11 is 0. The summed E-state index contributed by atoms with van der Waals surface area (Å²) in [4.78, 5) is 48.2. The largest absolute Gasteiger partial charge is 0.481 e. The molecule has 2 heterocycles. The molecule has 0 spiro atoms. The van der Waals surface area contributed by atoms with Gasteiger partial charge in [-0.3, -0.25) is 18.9 Å². The number of H-pyrrole nitrogens is 1. The Hall–Kier alpha value is -3.23. The zero-order chi connectivity index (χ0) is 32.3. The van der Waals surface area contributed by atoms with Gasteiger partial charge in [-0.25, -0.2) is 13.7 Å². The van der Waals surface area contributed by atoms with E-state index in [1.807, 2.05) is 54.6 Å². The van der Waals surface area contributed by atoms with E-state index in [0.29, 0.717) is 6.54 Å². The number of aromatic amines is 1. The second-order valence-corrected chi connectivity index (χ2v) is 12.3. The molecule has 4 rings (SSSR count). The number of fused-ring (bicyclic) bond motifs is 1. The predicted octanol–water partition coefficient (Wildman–Crippen LogP) is 2.86. The van der Waals surface area contributed by atoms with Gasteiger partial charge in [0.2, 0.25) is 5.52 Å². The van der Waals surface area contributed by atoms with Crippen molar-refractivity contribution >= 4 is 32.8 Å². The van der Waals surface area contributed by atoms with Crippen molar-refractivity contribution < 1.29 is 41.9 Å². The molecule has 0 saturated heterocycles. The van der Waals surface area contributed by atoms with Crippen LogP contribution in [-0.4, -0.2) is 67.0 Å². The third-order valence-electron chi connectivity index (χ3n) is 6.41. The average Bonchev–Trinajstić information content (AvgIpc) is 3.30. The molecule has 1 atom stereocenters. The van der Waals surface area contributed by atoms with Crippen LogP contribution in [0.4, 0.5) is 5.95 Å². The highest BCUT2D eigenvalue weighted by molar-refractivity contribution is 7.60. The summed E-state index contributed by atoms with van der Waals surface area (Å²) in [6.45, 7) is 9.60. The van der Waals surface area contributed by atoms with Crippen LogP contribution in [0.1, 0.15) is 26.3 Å². The molecule has 0 saturated carbocycles. The van der Waals surface area contributed by atoms with E-state index in [0.717, 1.165) is 16.7 Å². The van der Waals surface area contributed by atoms with Crippen molar-refractivity contribution in [2.24, 2.45) is 0 Å². The maximum atomic E-state index is 12.7. The molecular weight excluding hydrogens is 614 g/mol. The molecule has 4 aromatic rings. The maximum Gasteiger partial charge on any atom is 0.481 e. The van der Waals surface area contributed by atoms with Gasteiger partial charge in [-0.2, -0.15) is 4.31 Å². The van der Waals surface area contributed by atoms with Gasteiger partial charge in [0.25, 0.3) is 11.5 Å². The first-order valence-corrected chi connectivity index (χ1v) is 16.8. The number of aromatic nitrogens is 4. The highest BCUT2D eigenvalue weighted by Crippen LogP contribution is 2.57. The fraction of sp³-hybridized carbons (Fsp3) is 0.370. The van der Waals surface area contributed by atoms with Crippen molar-refractivity contribution in [2.45, 2.75) is 34.0 Å².